The monoisotopic (exact) mass is 408 g/mol. The molecule has 0 amide bonds. The number of H-pyrrole nitrogens is 1. The highest BCUT2D eigenvalue weighted by atomic mass is 32.1. The molecule has 0 bridgehead atoms. The van der Waals surface area contributed by atoms with Gasteiger partial charge in [-0.25, -0.2) is 9.97 Å². The molecule has 0 spiro atoms. The topological polar surface area (TPSA) is 87.0 Å². The molecule has 1 fully saturated rings. The first-order chi connectivity index (χ1) is 14.2. The summed E-state index contributed by atoms with van der Waals surface area (Å²) in [5, 5.41) is 11.3. The molecule has 5 heterocycles. The first-order valence-corrected chi connectivity index (χ1v) is 10.8. The van der Waals surface area contributed by atoms with E-state index >= 15 is 0 Å². The van der Waals surface area contributed by atoms with Crippen LogP contribution < -0.4 is 5.32 Å². The lowest BCUT2D eigenvalue weighted by molar-refractivity contribution is 0.151. The van der Waals surface area contributed by atoms with Crippen LogP contribution in [-0.4, -0.2) is 46.4 Å². The van der Waals surface area contributed by atoms with Crippen molar-refractivity contribution in [2.45, 2.75) is 45.7 Å². The Balaban J connectivity index is 1.40. The molecule has 1 aliphatic heterocycles. The number of hydrogen-bond acceptors (Lipinski definition) is 7. The van der Waals surface area contributed by atoms with Gasteiger partial charge >= 0.3 is 0 Å². The molecule has 5 rings (SSSR count). The number of nitrogens with one attached hydrogen (secondary N) is 2. The number of hydrogen-bond donors (Lipinski definition) is 2. The van der Waals surface area contributed by atoms with Gasteiger partial charge in [-0.05, 0) is 50.8 Å². The fourth-order valence-electron chi connectivity index (χ4n) is 3.96. The van der Waals surface area contributed by atoms with E-state index in [0.29, 0.717) is 6.04 Å². The Hall–Kier alpha value is -2.78. The predicted molar refractivity (Wildman–Crippen MR) is 114 cm³/mol. The summed E-state index contributed by atoms with van der Waals surface area (Å²) in [7, 11) is 0. The maximum atomic E-state index is 4.68. The van der Waals surface area contributed by atoms with Crippen LogP contribution in [0.4, 0.5) is 10.8 Å². The van der Waals surface area contributed by atoms with E-state index < -0.39 is 0 Å². The molecular formula is C20H24N8S. The number of aromatic nitrogens is 6. The zero-order valence-electron chi connectivity index (χ0n) is 16.6. The largest absolute Gasteiger partial charge is 0.328 e. The van der Waals surface area contributed by atoms with E-state index in [9.17, 15) is 0 Å². The highest BCUT2D eigenvalue weighted by Gasteiger charge is 2.19. The van der Waals surface area contributed by atoms with Crippen molar-refractivity contribution >= 4 is 28.0 Å². The summed E-state index contributed by atoms with van der Waals surface area (Å²) in [6, 6.07) is 2.76. The van der Waals surface area contributed by atoms with Gasteiger partial charge in [-0.15, -0.1) is 0 Å². The van der Waals surface area contributed by atoms with Crippen LogP contribution in [0.25, 0.3) is 16.9 Å². The highest BCUT2D eigenvalue weighted by molar-refractivity contribution is 7.10. The van der Waals surface area contributed by atoms with Gasteiger partial charge in [0.05, 0.1) is 29.5 Å². The van der Waals surface area contributed by atoms with Crippen molar-refractivity contribution in [3.8, 4) is 11.3 Å². The molecule has 2 N–H and O–H groups in total. The maximum absolute atomic E-state index is 4.68. The molecule has 1 aliphatic rings. The van der Waals surface area contributed by atoms with Gasteiger partial charge in [0.2, 0.25) is 0 Å². The molecule has 8 nitrogen and oxygen atoms in total. The molecule has 9 heteroatoms. The SMILES string of the molecule is Cc1cn2c(-c3cn[nH]c3)cnc2c(Nc2cc(CN3CCCC[C@H]3C)ns2)n1. The number of nitrogens with zero attached hydrogens (tertiary/aromatic N) is 6. The minimum atomic E-state index is 0.631. The van der Waals surface area contributed by atoms with Crippen molar-refractivity contribution in [3.05, 3.63) is 42.2 Å². The molecule has 0 radical (unpaired) electrons. The first-order valence-electron chi connectivity index (χ1n) is 9.98. The van der Waals surface area contributed by atoms with Gasteiger partial charge in [-0.2, -0.15) is 9.47 Å². The molecule has 0 unspecified atom stereocenters. The van der Waals surface area contributed by atoms with Crippen molar-refractivity contribution in [1.29, 1.82) is 0 Å². The van der Waals surface area contributed by atoms with Gasteiger partial charge in [0.15, 0.2) is 11.5 Å². The average Bonchev–Trinajstić information content (AvgIpc) is 3.44. The van der Waals surface area contributed by atoms with E-state index in [1.807, 2.05) is 29.9 Å². The lowest BCUT2D eigenvalue weighted by Gasteiger charge is -2.32. The molecule has 0 aliphatic carbocycles. The van der Waals surface area contributed by atoms with Crippen molar-refractivity contribution < 1.29 is 0 Å². The van der Waals surface area contributed by atoms with E-state index in [-0.39, 0.29) is 0 Å². The Morgan fingerprint density at radius 2 is 2.24 bits per heavy atom. The second-order valence-electron chi connectivity index (χ2n) is 7.68. The molecule has 1 saturated heterocycles. The minimum Gasteiger partial charge on any atom is -0.328 e. The summed E-state index contributed by atoms with van der Waals surface area (Å²) < 4.78 is 6.71. The van der Waals surface area contributed by atoms with Crippen LogP contribution in [0.15, 0.2) is 30.9 Å². The minimum absolute atomic E-state index is 0.631. The number of piperidine rings is 1. The molecule has 29 heavy (non-hydrogen) atoms. The standard InChI is InChI=1S/C20H24N8S/c1-13-11-28-17(15-8-22-23-9-15)10-21-20(28)19(24-13)25-18-7-16(26-29-18)12-27-6-4-3-5-14(27)2/h7-11,14H,3-6,12H2,1-2H3,(H,22,23)(H,24,25)/t14-/m1/s1. The Morgan fingerprint density at radius 1 is 1.31 bits per heavy atom. The number of imidazole rings is 1. The van der Waals surface area contributed by atoms with Crippen molar-refractivity contribution in [2.75, 3.05) is 11.9 Å². The lowest BCUT2D eigenvalue weighted by atomic mass is 10.0. The van der Waals surface area contributed by atoms with E-state index in [0.717, 1.165) is 52.2 Å². The molecule has 4 aromatic heterocycles. The van der Waals surface area contributed by atoms with Gasteiger partial charge < -0.3 is 5.32 Å². The second kappa shape index (κ2) is 7.57. The second-order valence-corrected chi connectivity index (χ2v) is 8.48. The maximum Gasteiger partial charge on any atom is 0.180 e. The van der Waals surface area contributed by atoms with Crippen LogP contribution in [-0.2, 0) is 6.54 Å². The normalized spacial score (nSPS) is 17.8. The van der Waals surface area contributed by atoms with Crippen LogP contribution in [0.5, 0.6) is 0 Å². The lowest BCUT2D eigenvalue weighted by Crippen LogP contribution is -2.36. The van der Waals surface area contributed by atoms with Crippen LogP contribution >= 0.6 is 11.5 Å². The average molecular weight is 409 g/mol. The summed E-state index contributed by atoms with van der Waals surface area (Å²) in [6.45, 7) is 6.37. The fraction of sp³-hybridized carbons (Fsp3) is 0.400. The molecule has 150 valence electrons. The van der Waals surface area contributed by atoms with Crippen LogP contribution in [0.2, 0.25) is 0 Å². The molecule has 1 atom stereocenters. The summed E-state index contributed by atoms with van der Waals surface area (Å²) in [5.41, 5.74) is 4.77. The smallest absolute Gasteiger partial charge is 0.180 e. The predicted octanol–water partition coefficient (Wildman–Crippen LogP) is 4.00. The highest BCUT2D eigenvalue weighted by Crippen LogP contribution is 2.28. The van der Waals surface area contributed by atoms with Crippen molar-refractivity contribution in [1.82, 2.24) is 33.8 Å². The Kier molecular flexibility index (Phi) is 4.76. The van der Waals surface area contributed by atoms with Crippen molar-refractivity contribution in [2.24, 2.45) is 0 Å². The molecule has 4 aromatic rings. The van der Waals surface area contributed by atoms with E-state index in [1.165, 1.54) is 30.8 Å². The number of anilines is 2. The third kappa shape index (κ3) is 3.63. The quantitative estimate of drug-likeness (QED) is 0.519. The third-order valence-electron chi connectivity index (χ3n) is 5.51. The first kappa shape index (κ1) is 18.3. The zero-order chi connectivity index (χ0) is 19.8. The summed E-state index contributed by atoms with van der Waals surface area (Å²) in [5.74, 6) is 0.737. The summed E-state index contributed by atoms with van der Waals surface area (Å²) in [4.78, 5) is 11.8. The van der Waals surface area contributed by atoms with Crippen LogP contribution in [0.3, 0.4) is 0 Å². The Labute approximate surface area is 173 Å². The number of fused-ring (bicyclic) bond motifs is 1. The fourth-order valence-corrected chi connectivity index (χ4v) is 4.62. The number of likely N-dealkylation sites (tertiary alicyclic amines) is 1. The molecule has 0 saturated carbocycles. The zero-order valence-corrected chi connectivity index (χ0v) is 17.4. The number of aromatic amines is 1. The van der Waals surface area contributed by atoms with Crippen molar-refractivity contribution in [3.63, 3.8) is 0 Å². The summed E-state index contributed by atoms with van der Waals surface area (Å²) >= 11 is 1.47. The Morgan fingerprint density at radius 3 is 3.07 bits per heavy atom. The molecule has 0 aromatic carbocycles. The van der Waals surface area contributed by atoms with Gasteiger partial charge in [-0.1, -0.05) is 6.42 Å². The third-order valence-corrected chi connectivity index (χ3v) is 6.26. The molecular weight excluding hydrogens is 384 g/mol. The number of rotatable bonds is 5. The van der Waals surface area contributed by atoms with Gasteiger partial charge in [0.1, 0.15) is 5.00 Å². The van der Waals surface area contributed by atoms with E-state index in [2.05, 4.69) is 47.7 Å². The summed E-state index contributed by atoms with van der Waals surface area (Å²) in [6.07, 6.45) is 11.4. The Bertz CT molecular complexity index is 1110. The van der Waals surface area contributed by atoms with Crippen LogP contribution in [0.1, 0.15) is 37.6 Å². The van der Waals surface area contributed by atoms with E-state index in [1.54, 1.807) is 6.20 Å². The number of aryl methyl sites for hydroxylation is 1. The van der Waals surface area contributed by atoms with Crippen LogP contribution in [0, 0.1) is 6.92 Å². The van der Waals surface area contributed by atoms with E-state index in [4.69, 9.17) is 0 Å². The van der Waals surface area contributed by atoms with Gasteiger partial charge in [0, 0.05) is 30.5 Å². The van der Waals surface area contributed by atoms with Gasteiger partial charge in [0.25, 0.3) is 0 Å². The van der Waals surface area contributed by atoms with Gasteiger partial charge in [-0.3, -0.25) is 14.4 Å².